The molecule has 0 heterocycles. The standard InChI is InChI=1S/C23H14Cl3FN2O2/c24-19-7-1-15(11-20(19)25)13-31-22-8-2-14(10-21(22)26)9-16(12-28)23(30)29-18-5-3-17(27)4-6-18/h1-11H,13H2,(H,29,30)/b16-9+. The molecule has 3 rings (SSSR count). The molecule has 3 aromatic carbocycles. The number of ether oxygens (including phenoxy) is 1. The highest BCUT2D eigenvalue weighted by atomic mass is 35.5. The number of rotatable bonds is 6. The van der Waals surface area contributed by atoms with Crippen LogP contribution in [0.15, 0.2) is 66.2 Å². The number of hydrogen-bond acceptors (Lipinski definition) is 3. The van der Waals surface area contributed by atoms with Crippen molar-refractivity contribution in [1.29, 1.82) is 5.26 Å². The Morgan fingerprint density at radius 3 is 2.39 bits per heavy atom. The second-order valence-electron chi connectivity index (χ2n) is 6.36. The van der Waals surface area contributed by atoms with Gasteiger partial charge in [0.2, 0.25) is 0 Å². The Hall–Kier alpha value is -3.04. The molecule has 1 amide bonds. The van der Waals surface area contributed by atoms with Gasteiger partial charge in [-0.1, -0.05) is 46.9 Å². The fourth-order valence-electron chi connectivity index (χ4n) is 2.56. The van der Waals surface area contributed by atoms with Crippen molar-refractivity contribution in [3.8, 4) is 11.8 Å². The molecule has 0 saturated carbocycles. The lowest BCUT2D eigenvalue weighted by Crippen LogP contribution is -2.13. The van der Waals surface area contributed by atoms with Crippen molar-refractivity contribution in [1.82, 2.24) is 0 Å². The van der Waals surface area contributed by atoms with Crippen molar-refractivity contribution < 1.29 is 13.9 Å². The lowest BCUT2D eigenvalue weighted by molar-refractivity contribution is -0.112. The smallest absolute Gasteiger partial charge is 0.266 e. The average Bonchev–Trinajstić information content (AvgIpc) is 2.75. The zero-order valence-electron chi connectivity index (χ0n) is 15.8. The number of nitrogens with zero attached hydrogens (tertiary/aromatic N) is 1. The topological polar surface area (TPSA) is 62.1 Å². The third-order valence-corrected chi connectivity index (χ3v) is 5.15. The van der Waals surface area contributed by atoms with Gasteiger partial charge in [-0.3, -0.25) is 4.79 Å². The molecule has 0 bridgehead atoms. The van der Waals surface area contributed by atoms with Crippen molar-refractivity contribution >= 4 is 52.5 Å². The van der Waals surface area contributed by atoms with Crippen LogP contribution in [0.3, 0.4) is 0 Å². The van der Waals surface area contributed by atoms with Crippen molar-refractivity contribution in [2.45, 2.75) is 6.61 Å². The van der Waals surface area contributed by atoms with E-state index in [4.69, 9.17) is 39.5 Å². The van der Waals surface area contributed by atoms with Gasteiger partial charge in [0.05, 0.1) is 15.1 Å². The van der Waals surface area contributed by atoms with E-state index in [0.717, 1.165) is 5.56 Å². The molecule has 0 fully saturated rings. The fraction of sp³-hybridized carbons (Fsp3) is 0.0435. The molecule has 0 unspecified atom stereocenters. The van der Waals surface area contributed by atoms with Crippen LogP contribution in [0.2, 0.25) is 15.1 Å². The quantitative estimate of drug-likeness (QED) is 0.311. The van der Waals surface area contributed by atoms with Crippen LogP contribution in [-0.2, 0) is 11.4 Å². The second kappa shape index (κ2) is 10.3. The van der Waals surface area contributed by atoms with Gasteiger partial charge >= 0.3 is 0 Å². The van der Waals surface area contributed by atoms with Gasteiger partial charge in [-0.25, -0.2) is 4.39 Å². The van der Waals surface area contributed by atoms with Crippen LogP contribution in [0.5, 0.6) is 5.75 Å². The summed E-state index contributed by atoms with van der Waals surface area (Å²) in [5, 5.41) is 13.1. The number of nitrogens with one attached hydrogen (secondary N) is 1. The number of carbonyl (C=O) groups is 1. The largest absolute Gasteiger partial charge is 0.487 e. The molecule has 0 radical (unpaired) electrons. The van der Waals surface area contributed by atoms with Crippen LogP contribution >= 0.6 is 34.8 Å². The number of carbonyl (C=O) groups excluding carboxylic acids is 1. The predicted octanol–water partition coefficient (Wildman–Crippen LogP) is 6.91. The van der Waals surface area contributed by atoms with Crippen LogP contribution in [0.1, 0.15) is 11.1 Å². The number of anilines is 1. The molecule has 4 nitrogen and oxygen atoms in total. The minimum Gasteiger partial charge on any atom is -0.487 e. The summed E-state index contributed by atoms with van der Waals surface area (Å²) in [4.78, 5) is 12.3. The molecule has 0 atom stereocenters. The number of benzene rings is 3. The van der Waals surface area contributed by atoms with Crippen molar-refractivity contribution in [3.05, 3.63) is 98.2 Å². The summed E-state index contributed by atoms with van der Waals surface area (Å²) in [5.74, 6) is -0.616. The first-order valence-electron chi connectivity index (χ1n) is 8.90. The molecule has 0 aliphatic rings. The van der Waals surface area contributed by atoms with E-state index in [9.17, 15) is 14.4 Å². The molecule has 3 aromatic rings. The van der Waals surface area contributed by atoms with Gasteiger partial charge in [0.1, 0.15) is 29.8 Å². The van der Waals surface area contributed by atoms with E-state index in [1.165, 1.54) is 30.3 Å². The Bertz CT molecular complexity index is 1190. The summed E-state index contributed by atoms with van der Waals surface area (Å²) in [7, 11) is 0. The van der Waals surface area contributed by atoms with Gasteiger partial charge in [0, 0.05) is 5.69 Å². The van der Waals surface area contributed by atoms with Crippen molar-refractivity contribution in [3.63, 3.8) is 0 Å². The van der Waals surface area contributed by atoms with E-state index < -0.39 is 11.7 Å². The maximum absolute atomic E-state index is 13.0. The summed E-state index contributed by atoms with van der Waals surface area (Å²) in [6, 6.07) is 17.1. The van der Waals surface area contributed by atoms with Crippen LogP contribution in [0.25, 0.3) is 6.08 Å². The van der Waals surface area contributed by atoms with E-state index in [1.807, 2.05) is 6.07 Å². The molecule has 156 valence electrons. The third-order valence-electron chi connectivity index (χ3n) is 4.11. The molecule has 1 N–H and O–H groups in total. The Balaban J connectivity index is 1.70. The highest BCUT2D eigenvalue weighted by molar-refractivity contribution is 6.42. The summed E-state index contributed by atoms with van der Waals surface area (Å²) >= 11 is 18.2. The third kappa shape index (κ3) is 6.22. The number of hydrogen-bond donors (Lipinski definition) is 1. The lowest BCUT2D eigenvalue weighted by Gasteiger charge is -2.10. The maximum Gasteiger partial charge on any atom is 0.266 e. The molecule has 8 heteroatoms. The van der Waals surface area contributed by atoms with Gasteiger partial charge in [-0.05, 0) is 65.7 Å². The summed E-state index contributed by atoms with van der Waals surface area (Å²) in [6.07, 6.45) is 1.40. The minimum atomic E-state index is -0.620. The summed E-state index contributed by atoms with van der Waals surface area (Å²) in [5.41, 5.74) is 1.60. The van der Waals surface area contributed by atoms with E-state index >= 15 is 0 Å². The SMILES string of the molecule is N#C/C(=C\c1ccc(OCc2ccc(Cl)c(Cl)c2)c(Cl)c1)C(=O)Nc1ccc(F)cc1. The van der Waals surface area contributed by atoms with Gasteiger partial charge in [-0.2, -0.15) is 5.26 Å². The van der Waals surface area contributed by atoms with Gasteiger partial charge < -0.3 is 10.1 Å². The summed E-state index contributed by atoms with van der Waals surface area (Å²) in [6.45, 7) is 0.231. The van der Waals surface area contributed by atoms with Crippen LogP contribution in [0.4, 0.5) is 10.1 Å². The Morgan fingerprint density at radius 1 is 1.00 bits per heavy atom. The Labute approximate surface area is 193 Å². The van der Waals surface area contributed by atoms with Gasteiger partial charge in [0.25, 0.3) is 5.91 Å². The first-order valence-corrected chi connectivity index (χ1v) is 10.0. The van der Waals surface area contributed by atoms with E-state index in [-0.39, 0.29) is 12.2 Å². The molecule has 0 aliphatic carbocycles. The molecule has 0 spiro atoms. The number of nitriles is 1. The predicted molar refractivity (Wildman–Crippen MR) is 121 cm³/mol. The van der Waals surface area contributed by atoms with E-state index in [2.05, 4.69) is 5.32 Å². The maximum atomic E-state index is 13.0. The average molecular weight is 476 g/mol. The Morgan fingerprint density at radius 2 is 1.74 bits per heavy atom. The van der Waals surface area contributed by atoms with E-state index in [0.29, 0.717) is 32.1 Å². The first-order chi connectivity index (χ1) is 14.9. The van der Waals surface area contributed by atoms with Crippen LogP contribution in [0, 0.1) is 17.1 Å². The van der Waals surface area contributed by atoms with Crippen molar-refractivity contribution in [2.75, 3.05) is 5.32 Å². The zero-order chi connectivity index (χ0) is 22.4. The molecular formula is C23H14Cl3FN2O2. The normalized spacial score (nSPS) is 11.0. The van der Waals surface area contributed by atoms with Gasteiger partial charge in [0.15, 0.2) is 0 Å². The zero-order valence-corrected chi connectivity index (χ0v) is 18.1. The molecule has 31 heavy (non-hydrogen) atoms. The van der Waals surface area contributed by atoms with E-state index in [1.54, 1.807) is 36.4 Å². The van der Waals surface area contributed by atoms with Crippen LogP contribution < -0.4 is 10.1 Å². The number of halogens is 4. The van der Waals surface area contributed by atoms with Crippen LogP contribution in [-0.4, -0.2) is 5.91 Å². The van der Waals surface area contributed by atoms with Gasteiger partial charge in [-0.15, -0.1) is 0 Å². The molecular weight excluding hydrogens is 462 g/mol. The molecule has 0 aromatic heterocycles. The monoisotopic (exact) mass is 474 g/mol. The minimum absolute atomic E-state index is 0.134. The Kier molecular flexibility index (Phi) is 7.54. The first kappa shape index (κ1) is 22.6. The number of amides is 1. The highest BCUT2D eigenvalue weighted by Crippen LogP contribution is 2.28. The fourth-order valence-corrected chi connectivity index (χ4v) is 3.13. The molecule has 0 saturated heterocycles. The molecule has 0 aliphatic heterocycles. The second-order valence-corrected chi connectivity index (χ2v) is 7.58. The summed E-state index contributed by atoms with van der Waals surface area (Å²) < 4.78 is 18.7. The lowest BCUT2D eigenvalue weighted by atomic mass is 10.1. The highest BCUT2D eigenvalue weighted by Gasteiger charge is 2.11. The van der Waals surface area contributed by atoms with Crippen molar-refractivity contribution in [2.24, 2.45) is 0 Å².